The van der Waals surface area contributed by atoms with Crippen molar-refractivity contribution in [3.05, 3.63) is 23.5 Å². The van der Waals surface area contributed by atoms with E-state index in [9.17, 15) is 0 Å². The van der Waals surface area contributed by atoms with Crippen molar-refractivity contribution < 1.29 is 0 Å². The van der Waals surface area contributed by atoms with Crippen LogP contribution in [0, 0.1) is 12.3 Å². The van der Waals surface area contributed by atoms with E-state index in [-0.39, 0.29) is 0 Å². The quantitative estimate of drug-likeness (QED) is 0.844. The Morgan fingerprint density at radius 1 is 1.17 bits per heavy atom. The summed E-state index contributed by atoms with van der Waals surface area (Å²) in [5.41, 5.74) is 6.08. The van der Waals surface area contributed by atoms with Crippen molar-refractivity contribution in [3.63, 3.8) is 0 Å². The number of aryl methyl sites for hydroxylation is 1. The zero-order valence-corrected chi connectivity index (χ0v) is 15.2. The molecule has 2 aromatic rings. The Labute approximate surface area is 144 Å². The Hall–Kier alpha value is -1.55. The largest absolute Gasteiger partial charge is 0.369 e. The molecule has 0 radical (unpaired) electrons. The molecule has 4 heterocycles. The molecule has 1 saturated heterocycles. The summed E-state index contributed by atoms with van der Waals surface area (Å²) in [5.74, 6) is 0. The number of pyridine rings is 1. The lowest BCUT2D eigenvalue weighted by atomic mass is 9.63. The summed E-state index contributed by atoms with van der Waals surface area (Å²) in [6.45, 7) is 12.6. The van der Waals surface area contributed by atoms with E-state index in [0.717, 1.165) is 19.6 Å². The molecule has 128 valence electrons. The normalized spacial score (nSPS) is 22.8. The first-order valence-corrected chi connectivity index (χ1v) is 9.53. The molecular weight excluding hydrogens is 296 g/mol. The fourth-order valence-electron chi connectivity index (χ4n) is 4.92. The minimum Gasteiger partial charge on any atom is -0.369 e. The first kappa shape index (κ1) is 14.8. The van der Waals surface area contributed by atoms with Gasteiger partial charge in [0, 0.05) is 55.3 Å². The molecule has 0 unspecified atom stereocenters. The van der Waals surface area contributed by atoms with Crippen LogP contribution in [0.1, 0.15) is 44.4 Å². The number of hydrogen-bond donors (Lipinski definition) is 0. The third-order valence-electron chi connectivity index (χ3n) is 6.80. The maximum absolute atomic E-state index is 4.88. The van der Waals surface area contributed by atoms with E-state index in [2.05, 4.69) is 47.4 Å². The second-order valence-electron chi connectivity index (χ2n) is 8.56. The van der Waals surface area contributed by atoms with Crippen LogP contribution in [0.2, 0.25) is 0 Å². The molecule has 1 aliphatic carbocycles. The van der Waals surface area contributed by atoms with Gasteiger partial charge in [-0.05, 0) is 45.2 Å². The van der Waals surface area contributed by atoms with Gasteiger partial charge in [0.2, 0.25) is 0 Å². The fraction of sp³-hybridized carbons (Fsp3) is 0.650. The summed E-state index contributed by atoms with van der Waals surface area (Å²) in [5, 5.41) is 1.36. The summed E-state index contributed by atoms with van der Waals surface area (Å²) in [4.78, 5) is 9.98. The van der Waals surface area contributed by atoms with E-state index in [1.54, 1.807) is 0 Å². The molecule has 2 aromatic heterocycles. The maximum atomic E-state index is 4.88. The second-order valence-corrected chi connectivity index (χ2v) is 8.56. The SMILES string of the molecule is Cc1c2n(c3ncc(N4CC5(CCC5)C4)cc13)CCN(C(C)C)C2. The molecule has 0 bridgehead atoms. The number of hydrogen-bond acceptors (Lipinski definition) is 3. The van der Waals surface area contributed by atoms with Gasteiger partial charge < -0.3 is 9.47 Å². The molecule has 1 saturated carbocycles. The Balaban J connectivity index is 1.49. The third-order valence-corrected chi connectivity index (χ3v) is 6.80. The van der Waals surface area contributed by atoms with Gasteiger partial charge >= 0.3 is 0 Å². The fourth-order valence-corrected chi connectivity index (χ4v) is 4.92. The van der Waals surface area contributed by atoms with E-state index in [4.69, 9.17) is 4.98 Å². The van der Waals surface area contributed by atoms with Crippen LogP contribution in [0.3, 0.4) is 0 Å². The van der Waals surface area contributed by atoms with Crippen LogP contribution >= 0.6 is 0 Å². The molecule has 0 amide bonds. The summed E-state index contributed by atoms with van der Waals surface area (Å²) in [6, 6.07) is 3.01. The molecule has 5 rings (SSSR count). The van der Waals surface area contributed by atoms with Crippen molar-refractivity contribution in [2.45, 2.75) is 59.2 Å². The van der Waals surface area contributed by atoms with Gasteiger partial charge in [0.1, 0.15) is 5.65 Å². The van der Waals surface area contributed by atoms with Crippen molar-refractivity contribution in [2.75, 3.05) is 24.5 Å². The van der Waals surface area contributed by atoms with Gasteiger partial charge in [-0.15, -0.1) is 0 Å². The zero-order chi connectivity index (χ0) is 16.5. The lowest BCUT2D eigenvalue weighted by Gasteiger charge is -2.56. The highest BCUT2D eigenvalue weighted by Crippen LogP contribution is 2.49. The second kappa shape index (κ2) is 4.98. The standard InChI is InChI=1S/C20H28N4/c1-14(2)22-7-8-24-18(11-22)15(3)17-9-16(10-21-19(17)24)23-12-20(13-23)5-4-6-20/h9-10,14H,4-8,11-13H2,1-3H3. The number of aromatic nitrogens is 2. The van der Waals surface area contributed by atoms with E-state index in [0.29, 0.717) is 11.5 Å². The van der Waals surface area contributed by atoms with Crippen molar-refractivity contribution in [1.29, 1.82) is 0 Å². The molecule has 4 heteroatoms. The molecule has 0 atom stereocenters. The van der Waals surface area contributed by atoms with Gasteiger partial charge in [0.15, 0.2) is 0 Å². The Morgan fingerprint density at radius 3 is 2.62 bits per heavy atom. The van der Waals surface area contributed by atoms with Crippen molar-refractivity contribution in [3.8, 4) is 0 Å². The molecule has 0 aromatic carbocycles. The topological polar surface area (TPSA) is 24.3 Å². The highest BCUT2D eigenvalue weighted by molar-refractivity contribution is 5.85. The van der Waals surface area contributed by atoms with Crippen molar-refractivity contribution >= 4 is 16.7 Å². The zero-order valence-electron chi connectivity index (χ0n) is 15.2. The number of anilines is 1. The lowest BCUT2D eigenvalue weighted by Crippen LogP contribution is -2.59. The van der Waals surface area contributed by atoms with Gasteiger partial charge in [-0.2, -0.15) is 0 Å². The lowest BCUT2D eigenvalue weighted by molar-refractivity contribution is 0.0904. The minimum absolute atomic E-state index is 0.611. The molecule has 4 nitrogen and oxygen atoms in total. The number of nitrogens with zero attached hydrogens (tertiary/aromatic N) is 4. The number of rotatable bonds is 2. The first-order valence-electron chi connectivity index (χ1n) is 9.53. The maximum Gasteiger partial charge on any atom is 0.140 e. The molecular formula is C20H28N4. The van der Waals surface area contributed by atoms with Gasteiger partial charge in [0.25, 0.3) is 0 Å². The average Bonchev–Trinajstić information content (AvgIpc) is 2.77. The van der Waals surface area contributed by atoms with Crippen LogP contribution in [0.25, 0.3) is 11.0 Å². The van der Waals surface area contributed by atoms with Gasteiger partial charge in [-0.3, -0.25) is 4.90 Å². The van der Waals surface area contributed by atoms with Crippen LogP contribution in [-0.4, -0.2) is 40.1 Å². The van der Waals surface area contributed by atoms with E-state index < -0.39 is 0 Å². The van der Waals surface area contributed by atoms with Crippen molar-refractivity contribution in [2.24, 2.45) is 5.41 Å². The highest BCUT2D eigenvalue weighted by Gasteiger charge is 2.47. The first-order chi connectivity index (χ1) is 11.6. The predicted octanol–water partition coefficient (Wildman–Crippen LogP) is 3.56. The van der Waals surface area contributed by atoms with Crippen LogP contribution in [-0.2, 0) is 13.1 Å². The number of fused-ring (bicyclic) bond motifs is 3. The Kier molecular flexibility index (Phi) is 3.06. The molecule has 2 aliphatic heterocycles. The van der Waals surface area contributed by atoms with E-state index in [1.807, 2.05) is 0 Å². The minimum atomic E-state index is 0.611. The summed E-state index contributed by atoms with van der Waals surface area (Å²) in [7, 11) is 0. The van der Waals surface area contributed by atoms with Gasteiger partial charge in [-0.1, -0.05) is 6.42 Å². The summed E-state index contributed by atoms with van der Waals surface area (Å²) in [6.07, 6.45) is 6.41. The molecule has 0 N–H and O–H groups in total. The highest BCUT2D eigenvalue weighted by atomic mass is 15.2. The molecule has 2 fully saturated rings. The van der Waals surface area contributed by atoms with Gasteiger partial charge in [-0.25, -0.2) is 4.98 Å². The van der Waals surface area contributed by atoms with E-state index in [1.165, 1.54) is 60.3 Å². The smallest absolute Gasteiger partial charge is 0.140 e. The van der Waals surface area contributed by atoms with E-state index >= 15 is 0 Å². The van der Waals surface area contributed by atoms with Crippen LogP contribution in [0.5, 0.6) is 0 Å². The van der Waals surface area contributed by atoms with Gasteiger partial charge in [0.05, 0.1) is 11.9 Å². The Morgan fingerprint density at radius 2 is 1.96 bits per heavy atom. The molecule has 1 spiro atoms. The van der Waals surface area contributed by atoms with Crippen molar-refractivity contribution in [1.82, 2.24) is 14.5 Å². The average molecular weight is 324 g/mol. The third kappa shape index (κ3) is 1.98. The summed E-state index contributed by atoms with van der Waals surface area (Å²) >= 11 is 0. The molecule has 24 heavy (non-hydrogen) atoms. The summed E-state index contributed by atoms with van der Waals surface area (Å²) < 4.78 is 2.46. The van der Waals surface area contributed by atoms with Crippen LogP contribution in [0.15, 0.2) is 12.3 Å². The van der Waals surface area contributed by atoms with Crippen LogP contribution in [0.4, 0.5) is 5.69 Å². The van der Waals surface area contributed by atoms with Crippen LogP contribution < -0.4 is 4.90 Å². The monoisotopic (exact) mass is 324 g/mol. The molecule has 3 aliphatic rings. The Bertz CT molecular complexity index is 792. The predicted molar refractivity (Wildman–Crippen MR) is 98.5 cm³/mol.